The molecule has 1 aliphatic carbocycles. The largest absolute Gasteiger partial charge is 0.417 e. The Morgan fingerprint density at radius 2 is 1.55 bits per heavy atom. The zero-order valence-corrected chi connectivity index (χ0v) is 18.8. The van der Waals surface area contributed by atoms with Gasteiger partial charge < -0.3 is 5.11 Å². The van der Waals surface area contributed by atoms with Crippen LogP contribution in [0.25, 0.3) is 10.9 Å². The van der Waals surface area contributed by atoms with E-state index in [1.165, 1.54) is 24.3 Å². The number of sulfonamides is 1. The summed E-state index contributed by atoms with van der Waals surface area (Å²) in [5, 5.41) is 8.92. The number of nitrogens with zero attached hydrogens (tertiary/aromatic N) is 1. The molecule has 0 atom stereocenters. The van der Waals surface area contributed by atoms with Crippen molar-refractivity contribution in [2.75, 3.05) is 0 Å². The van der Waals surface area contributed by atoms with Gasteiger partial charge in [-0.1, -0.05) is 24.3 Å². The van der Waals surface area contributed by atoms with Gasteiger partial charge in [0.05, 0.1) is 22.1 Å². The number of aliphatic hydroxyl groups is 1. The van der Waals surface area contributed by atoms with Crippen LogP contribution in [0.4, 0.5) is 13.2 Å². The summed E-state index contributed by atoms with van der Waals surface area (Å²) >= 11 is 0. The van der Waals surface area contributed by atoms with Crippen molar-refractivity contribution in [1.29, 1.82) is 0 Å². The summed E-state index contributed by atoms with van der Waals surface area (Å²) in [6, 6.07) is 9.35. The molecule has 12 heteroatoms. The van der Waals surface area contributed by atoms with Crippen LogP contribution in [0.1, 0.15) is 31.2 Å². The van der Waals surface area contributed by atoms with E-state index in [1.807, 2.05) is 0 Å². The van der Waals surface area contributed by atoms with Gasteiger partial charge in [0, 0.05) is 17.6 Å². The average molecular weight is 503 g/mol. The van der Waals surface area contributed by atoms with Crippen LogP contribution in [0.2, 0.25) is 0 Å². The summed E-state index contributed by atoms with van der Waals surface area (Å²) in [6.45, 7) is 0. The van der Waals surface area contributed by atoms with Gasteiger partial charge in [0.15, 0.2) is 0 Å². The number of aliphatic hydroxyl groups excluding tert-OH is 1. The first kappa shape index (κ1) is 23.7. The Labute approximate surface area is 189 Å². The summed E-state index contributed by atoms with van der Waals surface area (Å²) in [7, 11) is -8.91. The number of benzene rings is 2. The van der Waals surface area contributed by atoms with E-state index < -0.39 is 59.7 Å². The fraction of sp³-hybridized carbons (Fsp3) is 0.333. The number of halogens is 3. The van der Waals surface area contributed by atoms with Crippen molar-refractivity contribution in [3.8, 4) is 0 Å². The molecule has 1 heterocycles. The lowest BCUT2D eigenvalue weighted by Gasteiger charge is -2.25. The molecule has 0 radical (unpaired) electrons. The molecule has 0 bridgehead atoms. The Hall–Kier alpha value is -2.41. The molecule has 1 aromatic heterocycles. The van der Waals surface area contributed by atoms with Crippen LogP contribution in [-0.4, -0.2) is 38.1 Å². The normalized spacial score (nSPS) is 20.2. The topological polar surface area (TPSA) is 105 Å². The molecule has 7 nitrogen and oxygen atoms in total. The second kappa shape index (κ2) is 8.42. The highest BCUT2D eigenvalue weighted by Crippen LogP contribution is 2.40. The van der Waals surface area contributed by atoms with Gasteiger partial charge in [-0.05, 0) is 49.9 Å². The molecular formula is C21H21F3N2O5S2. The van der Waals surface area contributed by atoms with Crippen LogP contribution in [0.5, 0.6) is 0 Å². The molecule has 1 aliphatic rings. The lowest BCUT2D eigenvalue weighted by atomic mass is 9.94. The number of rotatable bonds is 5. The third-order valence-electron chi connectivity index (χ3n) is 5.67. The van der Waals surface area contributed by atoms with Gasteiger partial charge in [0.2, 0.25) is 10.0 Å². The summed E-state index contributed by atoms with van der Waals surface area (Å²) in [4.78, 5) is -0.964. The first-order chi connectivity index (χ1) is 15.4. The number of nitrogens with one attached hydrogen (secondary N) is 1. The minimum atomic E-state index is -4.92. The van der Waals surface area contributed by atoms with Crippen molar-refractivity contribution in [3.05, 3.63) is 60.3 Å². The molecule has 0 amide bonds. The van der Waals surface area contributed by atoms with Gasteiger partial charge in [-0.25, -0.2) is 25.5 Å². The smallest absolute Gasteiger partial charge is 0.393 e. The lowest BCUT2D eigenvalue weighted by molar-refractivity contribution is -0.136. The van der Waals surface area contributed by atoms with Crippen LogP contribution in [0.15, 0.2) is 64.5 Å². The Morgan fingerprint density at radius 3 is 2.15 bits per heavy atom. The number of aromatic nitrogens is 1. The zero-order chi connectivity index (χ0) is 24.0. The summed E-state index contributed by atoms with van der Waals surface area (Å²) in [5.74, 6) is 0. The van der Waals surface area contributed by atoms with Gasteiger partial charge in [-0.3, -0.25) is 0 Å². The minimum absolute atomic E-state index is 0.197. The van der Waals surface area contributed by atoms with E-state index in [0.717, 1.165) is 24.4 Å². The van der Waals surface area contributed by atoms with Gasteiger partial charge >= 0.3 is 6.18 Å². The molecule has 33 heavy (non-hydrogen) atoms. The molecule has 0 aliphatic heterocycles. The van der Waals surface area contributed by atoms with E-state index in [9.17, 15) is 35.1 Å². The monoisotopic (exact) mass is 502 g/mol. The maximum atomic E-state index is 13.8. The first-order valence-corrected chi connectivity index (χ1v) is 13.1. The Bertz CT molecular complexity index is 1380. The van der Waals surface area contributed by atoms with E-state index in [2.05, 4.69) is 4.72 Å². The lowest BCUT2D eigenvalue weighted by Crippen LogP contribution is -2.38. The predicted octanol–water partition coefficient (Wildman–Crippen LogP) is 3.48. The molecule has 1 saturated carbocycles. The summed E-state index contributed by atoms with van der Waals surface area (Å²) in [5.41, 5.74) is -1.64. The minimum Gasteiger partial charge on any atom is -0.393 e. The van der Waals surface area contributed by atoms with Crippen molar-refractivity contribution in [1.82, 2.24) is 8.69 Å². The second-order valence-corrected chi connectivity index (χ2v) is 11.4. The van der Waals surface area contributed by atoms with E-state index in [1.54, 1.807) is 6.07 Å². The molecule has 4 rings (SSSR count). The fourth-order valence-corrected chi connectivity index (χ4v) is 7.02. The highest BCUT2D eigenvalue weighted by atomic mass is 32.2. The van der Waals surface area contributed by atoms with Crippen molar-refractivity contribution in [3.63, 3.8) is 0 Å². The number of hydrogen-bond donors (Lipinski definition) is 2. The van der Waals surface area contributed by atoms with E-state index >= 15 is 0 Å². The molecule has 0 spiro atoms. The third-order valence-corrected chi connectivity index (χ3v) is 8.89. The van der Waals surface area contributed by atoms with Gasteiger partial charge in [0.25, 0.3) is 10.0 Å². The molecule has 0 saturated heterocycles. The van der Waals surface area contributed by atoms with E-state index in [0.29, 0.717) is 29.7 Å². The number of hydrogen-bond acceptors (Lipinski definition) is 5. The quantitative estimate of drug-likeness (QED) is 0.556. The van der Waals surface area contributed by atoms with E-state index in [-0.39, 0.29) is 4.90 Å². The summed E-state index contributed by atoms with van der Waals surface area (Å²) < 4.78 is 97.2. The fourth-order valence-electron chi connectivity index (χ4n) is 4.04. The third kappa shape index (κ3) is 4.52. The Balaban J connectivity index is 1.93. The van der Waals surface area contributed by atoms with Crippen molar-refractivity contribution >= 4 is 30.9 Å². The van der Waals surface area contributed by atoms with Crippen molar-refractivity contribution < 1.29 is 35.1 Å². The van der Waals surface area contributed by atoms with Crippen LogP contribution in [0, 0.1) is 0 Å². The number of alkyl halides is 3. The molecular weight excluding hydrogens is 481 g/mol. The first-order valence-electron chi connectivity index (χ1n) is 10.1. The van der Waals surface area contributed by atoms with Crippen LogP contribution in [-0.2, 0) is 26.2 Å². The van der Waals surface area contributed by atoms with E-state index in [4.69, 9.17) is 0 Å². The molecule has 2 aromatic carbocycles. The maximum Gasteiger partial charge on any atom is 0.417 e. The summed E-state index contributed by atoms with van der Waals surface area (Å²) in [6.07, 6.45) is -3.42. The highest BCUT2D eigenvalue weighted by Gasteiger charge is 2.38. The highest BCUT2D eigenvalue weighted by molar-refractivity contribution is 7.91. The average Bonchev–Trinajstić information content (AvgIpc) is 3.17. The second-order valence-electron chi connectivity index (χ2n) is 7.93. The zero-order valence-electron chi connectivity index (χ0n) is 17.2. The van der Waals surface area contributed by atoms with Gasteiger partial charge in [-0.2, -0.15) is 13.2 Å². The van der Waals surface area contributed by atoms with Gasteiger partial charge in [0.1, 0.15) is 4.90 Å². The van der Waals surface area contributed by atoms with Crippen molar-refractivity contribution in [2.24, 2.45) is 0 Å². The predicted molar refractivity (Wildman–Crippen MR) is 115 cm³/mol. The van der Waals surface area contributed by atoms with Crippen molar-refractivity contribution in [2.45, 2.75) is 53.8 Å². The SMILES string of the molecule is O=S(=O)(NC1CCC(O)CC1)c1cn(S(=O)(=O)c2ccccc2)c2cccc(C(F)(F)F)c12. The number of fused-ring (bicyclic) bond motifs is 1. The van der Waals surface area contributed by atoms with Crippen LogP contribution >= 0.6 is 0 Å². The Kier molecular flexibility index (Phi) is 6.06. The molecule has 3 aromatic rings. The Morgan fingerprint density at radius 1 is 0.909 bits per heavy atom. The van der Waals surface area contributed by atoms with Gasteiger partial charge in [-0.15, -0.1) is 0 Å². The molecule has 178 valence electrons. The van der Waals surface area contributed by atoms with Crippen LogP contribution in [0.3, 0.4) is 0 Å². The molecule has 1 fully saturated rings. The molecule has 2 N–H and O–H groups in total. The van der Waals surface area contributed by atoms with Crippen LogP contribution < -0.4 is 4.72 Å². The molecule has 0 unspecified atom stereocenters. The standard InChI is InChI=1S/C21H21F3N2O5S2/c22-21(23,24)17-7-4-8-18-20(17)19(32(28,29)25-14-9-11-15(27)12-10-14)13-26(18)33(30,31)16-5-2-1-3-6-16/h1-8,13-15,25,27H,9-12H2. The maximum absolute atomic E-state index is 13.8.